The van der Waals surface area contributed by atoms with Crippen LogP contribution in [-0.2, 0) is 4.79 Å². The number of H-pyrrole nitrogens is 1. The Morgan fingerprint density at radius 3 is 2.67 bits per heavy atom. The van der Waals surface area contributed by atoms with Gasteiger partial charge in [0.2, 0.25) is 0 Å². The second-order valence-electron chi connectivity index (χ2n) is 5.12. The maximum atomic E-state index is 12.2. The molecule has 24 heavy (non-hydrogen) atoms. The molecule has 0 aliphatic carbocycles. The number of carbonyl (C=O) groups is 2. The summed E-state index contributed by atoms with van der Waals surface area (Å²) in [6.45, 7) is 0. The number of amides is 1. The molecule has 1 amide bonds. The molecular weight excluding hydrogens is 329 g/mol. The average molecular weight is 344 g/mol. The minimum absolute atomic E-state index is 0.0350. The lowest BCUT2D eigenvalue weighted by Crippen LogP contribution is -2.41. The molecule has 2 aromatic rings. The summed E-state index contributed by atoms with van der Waals surface area (Å²) >= 11 is 0. The number of alkyl halides is 3. The quantitative estimate of drug-likeness (QED) is 0.751. The minimum Gasteiger partial charge on any atom is -0.496 e. The number of methoxy groups -OCH3 is 1. The normalized spacial score (nSPS) is 12.8. The number of aromatic amines is 1. The van der Waals surface area contributed by atoms with Gasteiger partial charge in [-0.1, -0.05) is 6.07 Å². The van der Waals surface area contributed by atoms with Crippen LogP contribution in [0.3, 0.4) is 0 Å². The fourth-order valence-electron chi connectivity index (χ4n) is 2.23. The van der Waals surface area contributed by atoms with Crippen LogP contribution in [0, 0.1) is 0 Å². The van der Waals surface area contributed by atoms with E-state index in [2.05, 4.69) is 10.3 Å². The number of aromatic nitrogens is 1. The van der Waals surface area contributed by atoms with Gasteiger partial charge in [-0.05, 0) is 24.6 Å². The summed E-state index contributed by atoms with van der Waals surface area (Å²) in [5, 5.41) is 11.7. The standard InChI is InChI=1S/C15H15F3N2O4/c1-24-12-4-2-3-9-8(12)7-11(19-9)13(21)20-10(14(22)23)5-6-15(16,17)18/h2-4,7,10,19H,5-6H2,1H3,(H,20,21)(H,22,23)/t10-/m0/s1. The molecule has 0 radical (unpaired) electrons. The van der Waals surface area contributed by atoms with Crippen LogP contribution in [0.25, 0.3) is 10.9 Å². The summed E-state index contributed by atoms with van der Waals surface area (Å²) in [5.74, 6) is -1.82. The van der Waals surface area contributed by atoms with E-state index in [9.17, 15) is 22.8 Å². The van der Waals surface area contributed by atoms with Gasteiger partial charge in [-0.15, -0.1) is 0 Å². The predicted molar refractivity (Wildman–Crippen MR) is 79.0 cm³/mol. The molecule has 0 spiro atoms. The van der Waals surface area contributed by atoms with E-state index in [1.807, 2.05) is 0 Å². The SMILES string of the molecule is COc1cccc2[nH]c(C(=O)N[C@@H](CCC(F)(F)F)C(=O)O)cc12. The largest absolute Gasteiger partial charge is 0.496 e. The van der Waals surface area contributed by atoms with Gasteiger partial charge in [0.15, 0.2) is 0 Å². The lowest BCUT2D eigenvalue weighted by molar-refractivity contribution is -0.145. The fraction of sp³-hybridized carbons (Fsp3) is 0.333. The van der Waals surface area contributed by atoms with Crippen molar-refractivity contribution in [3.8, 4) is 5.75 Å². The van der Waals surface area contributed by atoms with Gasteiger partial charge in [-0.2, -0.15) is 13.2 Å². The van der Waals surface area contributed by atoms with Crippen molar-refractivity contribution < 1.29 is 32.6 Å². The van der Waals surface area contributed by atoms with Gasteiger partial charge in [0.1, 0.15) is 17.5 Å². The van der Waals surface area contributed by atoms with Gasteiger partial charge >= 0.3 is 12.1 Å². The van der Waals surface area contributed by atoms with Crippen molar-refractivity contribution in [1.82, 2.24) is 10.3 Å². The van der Waals surface area contributed by atoms with Crippen molar-refractivity contribution >= 4 is 22.8 Å². The number of rotatable bonds is 6. The number of fused-ring (bicyclic) bond motifs is 1. The second-order valence-corrected chi connectivity index (χ2v) is 5.12. The van der Waals surface area contributed by atoms with E-state index in [1.165, 1.54) is 13.2 Å². The Bertz CT molecular complexity index is 755. The van der Waals surface area contributed by atoms with Crippen LogP contribution in [0.1, 0.15) is 23.3 Å². The molecule has 2 rings (SSSR count). The number of carboxylic acids is 1. The van der Waals surface area contributed by atoms with Crippen LogP contribution in [-0.4, -0.2) is 41.3 Å². The van der Waals surface area contributed by atoms with Crippen molar-refractivity contribution in [1.29, 1.82) is 0 Å². The molecule has 0 unspecified atom stereocenters. The van der Waals surface area contributed by atoms with Crippen molar-refractivity contribution in [2.45, 2.75) is 25.1 Å². The van der Waals surface area contributed by atoms with Crippen LogP contribution < -0.4 is 10.1 Å². The Morgan fingerprint density at radius 1 is 1.38 bits per heavy atom. The van der Waals surface area contributed by atoms with E-state index in [0.29, 0.717) is 16.7 Å². The van der Waals surface area contributed by atoms with E-state index in [0.717, 1.165) is 0 Å². The molecule has 3 N–H and O–H groups in total. The number of nitrogens with one attached hydrogen (secondary N) is 2. The Kier molecular flexibility index (Phi) is 5.01. The summed E-state index contributed by atoms with van der Waals surface area (Å²) in [7, 11) is 1.46. The lowest BCUT2D eigenvalue weighted by Gasteiger charge is -2.15. The van der Waals surface area contributed by atoms with Crippen LogP contribution in [0.15, 0.2) is 24.3 Å². The number of halogens is 3. The number of hydrogen-bond acceptors (Lipinski definition) is 3. The van der Waals surface area contributed by atoms with Crippen LogP contribution in [0.4, 0.5) is 13.2 Å². The summed E-state index contributed by atoms with van der Waals surface area (Å²) in [5.41, 5.74) is 0.620. The molecule has 130 valence electrons. The second kappa shape index (κ2) is 6.81. The third-order valence-electron chi connectivity index (χ3n) is 3.41. The Labute approximate surface area is 134 Å². The van der Waals surface area contributed by atoms with Gasteiger partial charge in [-0.3, -0.25) is 4.79 Å². The highest BCUT2D eigenvalue weighted by atomic mass is 19.4. The predicted octanol–water partition coefficient (Wildman–Crippen LogP) is 2.70. The molecule has 1 atom stereocenters. The first-order valence-corrected chi connectivity index (χ1v) is 6.97. The van der Waals surface area contributed by atoms with Crippen LogP contribution >= 0.6 is 0 Å². The van der Waals surface area contributed by atoms with Crippen LogP contribution in [0.5, 0.6) is 5.75 Å². The first-order valence-electron chi connectivity index (χ1n) is 6.97. The number of aliphatic carboxylic acids is 1. The zero-order valence-corrected chi connectivity index (χ0v) is 12.6. The van der Waals surface area contributed by atoms with Gasteiger partial charge in [0.05, 0.1) is 7.11 Å². The van der Waals surface area contributed by atoms with Gasteiger partial charge in [0.25, 0.3) is 5.91 Å². The zero-order chi connectivity index (χ0) is 17.9. The van der Waals surface area contributed by atoms with Crippen molar-refractivity contribution in [2.75, 3.05) is 7.11 Å². The highest BCUT2D eigenvalue weighted by Crippen LogP contribution is 2.26. The van der Waals surface area contributed by atoms with E-state index in [-0.39, 0.29) is 5.69 Å². The fourth-order valence-corrected chi connectivity index (χ4v) is 2.23. The van der Waals surface area contributed by atoms with E-state index >= 15 is 0 Å². The minimum atomic E-state index is -4.49. The molecule has 9 heteroatoms. The summed E-state index contributed by atoms with van der Waals surface area (Å²) in [4.78, 5) is 25.9. The molecule has 0 fully saturated rings. The lowest BCUT2D eigenvalue weighted by atomic mass is 10.1. The van der Waals surface area contributed by atoms with Gasteiger partial charge in [-0.25, -0.2) is 4.79 Å². The van der Waals surface area contributed by atoms with Crippen LogP contribution in [0.2, 0.25) is 0 Å². The third-order valence-corrected chi connectivity index (χ3v) is 3.41. The molecule has 0 saturated carbocycles. The maximum Gasteiger partial charge on any atom is 0.389 e. The monoisotopic (exact) mass is 344 g/mol. The number of carbonyl (C=O) groups excluding carboxylic acids is 1. The molecule has 0 bridgehead atoms. The summed E-state index contributed by atoms with van der Waals surface area (Å²) in [6.07, 6.45) is -6.54. The molecule has 1 aromatic carbocycles. The molecule has 1 aromatic heterocycles. The smallest absolute Gasteiger partial charge is 0.389 e. The topological polar surface area (TPSA) is 91.4 Å². The van der Waals surface area contributed by atoms with Gasteiger partial charge < -0.3 is 20.1 Å². The molecule has 6 nitrogen and oxygen atoms in total. The van der Waals surface area contributed by atoms with Crippen molar-refractivity contribution in [3.05, 3.63) is 30.0 Å². The molecule has 1 heterocycles. The van der Waals surface area contributed by atoms with Gasteiger partial charge in [0, 0.05) is 17.3 Å². The number of ether oxygens (including phenoxy) is 1. The maximum absolute atomic E-state index is 12.2. The molecule has 0 aliphatic heterocycles. The highest BCUT2D eigenvalue weighted by Gasteiger charge is 2.31. The van der Waals surface area contributed by atoms with E-state index in [4.69, 9.17) is 9.84 Å². The number of benzene rings is 1. The Balaban J connectivity index is 2.16. The Morgan fingerprint density at radius 2 is 2.08 bits per heavy atom. The van der Waals surface area contributed by atoms with Crippen molar-refractivity contribution in [2.24, 2.45) is 0 Å². The molecule has 0 aliphatic rings. The number of carboxylic acid groups (broad SMARTS) is 1. The molecule has 0 saturated heterocycles. The first kappa shape index (κ1) is 17.6. The highest BCUT2D eigenvalue weighted by molar-refractivity contribution is 6.00. The molecular formula is C15H15F3N2O4. The Hall–Kier alpha value is -2.71. The summed E-state index contributed by atoms with van der Waals surface area (Å²) < 4.78 is 41.9. The van der Waals surface area contributed by atoms with E-state index in [1.54, 1.807) is 18.2 Å². The summed E-state index contributed by atoms with van der Waals surface area (Å²) in [6, 6.07) is 4.88. The van der Waals surface area contributed by atoms with E-state index < -0.39 is 36.9 Å². The average Bonchev–Trinajstić information content (AvgIpc) is 2.94. The number of hydrogen-bond donors (Lipinski definition) is 3. The zero-order valence-electron chi connectivity index (χ0n) is 12.6. The van der Waals surface area contributed by atoms with Crippen molar-refractivity contribution in [3.63, 3.8) is 0 Å². The first-order chi connectivity index (χ1) is 11.2. The third kappa shape index (κ3) is 4.18.